The van der Waals surface area contributed by atoms with Crippen LogP contribution in [0.1, 0.15) is 37.4 Å². The summed E-state index contributed by atoms with van der Waals surface area (Å²) in [6.45, 7) is 4.03. The topological polar surface area (TPSA) is 113 Å². The van der Waals surface area contributed by atoms with Crippen molar-refractivity contribution < 1.29 is 18.8 Å². The predicted octanol–water partition coefficient (Wildman–Crippen LogP) is 8.90. The summed E-state index contributed by atoms with van der Waals surface area (Å²) < 4.78 is 5.40. The molecule has 49 heavy (non-hydrogen) atoms. The lowest BCUT2D eigenvalue weighted by Crippen LogP contribution is -2.30. The van der Waals surface area contributed by atoms with Gasteiger partial charge in [-0.05, 0) is 61.9 Å². The van der Waals surface area contributed by atoms with Crippen LogP contribution in [0.3, 0.4) is 0 Å². The Labute approximate surface area is 292 Å². The molecule has 0 bridgehead atoms. The second-order valence-electron chi connectivity index (χ2n) is 11.1. The fourth-order valence-corrected chi connectivity index (χ4v) is 6.86. The minimum absolute atomic E-state index is 0.00662. The van der Waals surface area contributed by atoms with Crippen molar-refractivity contribution in [2.45, 2.75) is 24.0 Å². The quantitative estimate of drug-likeness (QED) is 0.0928. The molecule has 0 aliphatic heterocycles. The number of thioether (sulfide) groups is 1. The second-order valence-corrected chi connectivity index (χ2v) is 13.4. The van der Waals surface area contributed by atoms with Gasteiger partial charge in [0.15, 0.2) is 5.13 Å². The normalized spacial score (nSPS) is 11.8. The van der Waals surface area contributed by atoms with E-state index in [2.05, 4.69) is 16.0 Å². The van der Waals surface area contributed by atoms with Gasteiger partial charge in [0.25, 0.3) is 11.8 Å². The number of hydrogen-bond donors (Lipinski definition) is 3. The van der Waals surface area contributed by atoms with Crippen LogP contribution in [0.2, 0.25) is 0 Å². The summed E-state index contributed by atoms with van der Waals surface area (Å²) in [5.41, 5.74) is 4.72. The SMILES string of the molecule is Cc1ccc(-c2nc(NC(=O)C(Sc3cccc(NC(=O)/C(=C/c4ccco4)NC(=O)c4ccccc4)c3)c3ccccc3)sc2C)cc1. The minimum Gasteiger partial charge on any atom is -0.465 e. The Morgan fingerprint density at radius 1 is 0.816 bits per heavy atom. The van der Waals surface area contributed by atoms with Crippen LogP contribution in [0.25, 0.3) is 17.3 Å². The Kier molecular flexibility index (Phi) is 10.5. The number of thiazole rings is 1. The van der Waals surface area contributed by atoms with Crippen molar-refractivity contribution in [2.24, 2.45) is 0 Å². The van der Waals surface area contributed by atoms with Gasteiger partial charge in [-0.15, -0.1) is 23.1 Å². The molecule has 0 fully saturated rings. The number of carbonyl (C=O) groups is 3. The summed E-state index contributed by atoms with van der Waals surface area (Å²) in [5, 5.41) is 8.53. The molecule has 8 nitrogen and oxygen atoms in total. The zero-order chi connectivity index (χ0) is 34.2. The first-order valence-electron chi connectivity index (χ1n) is 15.4. The molecule has 2 aromatic heterocycles. The maximum atomic E-state index is 13.9. The van der Waals surface area contributed by atoms with Crippen LogP contribution >= 0.6 is 23.1 Å². The van der Waals surface area contributed by atoms with Gasteiger partial charge in [0.1, 0.15) is 16.7 Å². The number of aryl methyl sites for hydroxylation is 2. The molecule has 0 spiro atoms. The van der Waals surface area contributed by atoms with Crippen LogP contribution in [0.15, 0.2) is 143 Å². The van der Waals surface area contributed by atoms with Gasteiger partial charge < -0.3 is 20.4 Å². The molecule has 0 saturated carbocycles. The van der Waals surface area contributed by atoms with E-state index in [1.54, 1.807) is 54.6 Å². The fourth-order valence-electron chi connectivity index (χ4n) is 4.94. The lowest BCUT2D eigenvalue weighted by molar-refractivity contribution is -0.116. The highest BCUT2D eigenvalue weighted by Crippen LogP contribution is 2.38. The van der Waals surface area contributed by atoms with Crippen molar-refractivity contribution in [3.8, 4) is 11.3 Å². The number of anilines is 2. The van der Waals surface area contributed by atoms with Gasteiger partial charge in [-0.25, -0.2) is 4.98 Å². The third-order valence-electron chi connectivity index (χ3n) is 7.40. The van der Waals surface area contributed by atoms with Crippen molar-refractivity contribution in [2.75, 3.05) is 10.6 Å². The molecular weight excluding hydrogens is 653 g/mol. The number of furan rings is 1. The van der Waals surface area contributed by atoms with Crippen LogP contribution in [0.5, 0.6) is 0 Å². The zero-order valence-electron chi connectivity index (χ0n) is 26.7. The smallest absolute Gasteiger partial charge is 0.272 e. The van der Waals surface area contributed by atoms with Crippen LogP contribution in [0, 0.1) is 13.8 Å². The van der Waals surface area contributed by atoms with Crippen LogP contribution in [-0.4, -0.2) is 22.7 Å². The Bertz CT molecular complexity index is 2090. The Balaban J connectivity index is 1.20. The van der Waals surface area contributed by atoms with E-state index in [0.717, 1.165) is 32.2 Å². The summed E-state index contributed by atoms with van der Waals surface area (Å²) in [4.78, 5) is 46.8. The highest BCUT2D eigenvalue weighted by Gasteiger charge is 2.24. The first-order valence-corrected chi connectivity index (χ1v) is 17.1. The number of nitrogens with zero attached hydrogens (tertiary/aromatic N) is 1. The highest BCUT2D eigenvalue weighted by molar-refractivity contribution is 8.00. The third kappa shape index (κ3) is 8.61. The number of amides is 3. The minimum atomic E-state index is -0.612. The number of benzene rings is 4. The monoisotopic (exact) mass is 684 g/mol. The molecule has 0 aliphatic rings. The van der Waals surface area contributed by atoms with E-state index in [1.165, 1.54) is 35.4 Å². The Morgan fingerprint density at radius 2 is 1.55 bits per heavy atom. The molecule has 10 heteroatoms. The summed E-state index contributed by atoms with van der Waals surface area (Å²) in [6, 6.07) is 36.9. The molecule has 3 N–H and O–H groups in total. The molecular formula is C39H32N4O4S2. The van der Waals surface area contributed by atoms with Gasteiger partial charge in [-0.2, -0.15) is 0 Å². The molecule has 1 unspecified atom stereocenters. The van der Waals surface area contributed by atoms with E-state index in [0.29, 0.717) is 22.1 Å². The predicted molar refractivity (Wildman–Crippen MR) is 196 cm³/mol. The largest absolute Gasteiger partial charge is 0.465 e. The molecule has 6 rings (SSSR count). The van der Waals surface area contributed by atoms with E-state index < -0.39 is 17.1 Å². The number of rotatable bonds is 11. The van der Waals surface area contributed by atoms with Crippen molar-refractivity contribution in [3.63, 3.8) is 0 Å². The summed E-state index contributed by atoms with van der Waals surface area (Å²) in [6.07, 6.45) is 2.95. The van der Waals surface area contributed by atoms with E-state index in [4.69, 9.17) is 9.40 Å². The van der Waals surface area contributed by atoms with Crippen LogP contribution in [-0.2, 0) is 9.59 Å². The first-order chi connectivity index (χ1) is 23.8. The molecule has 0 aliphatic carbocycles. The maximum absolute atomic E-state index is 13.9. The summed E-state index contributed by atoms with van der Waals surface area (Å²) >= 11 is 2.79. The van der Waals surface area contributed by atoms with Gasteiger partial charge in [-0.3, -0.25) is 14.4 Å². The van der Waals surface area contributed by atoms with Crippen molar-refractivity contribution in [3.05, 3.63) is 161 Å². The van der Waals surface area contributed by atoms with Crippen LogP contribution < -0.4 is 16.0 Å². The Morgan fingerprint density at radius 3 is 2.27 bits per heavy atom. The number of aromatic nitrogens is 1. The molecule has 0 saturated heterocycles. The highest BCUT2D eigenvalue weighted by atomic mass is 32.2. The zero-order valence-corrected chi connectivity index (χ0v) is 28.3. The van der Waals surface area contributed by atoms with E-state index >= 15 is 0 Å². The molecule has 2 heterocycles. The van der Waals surface area contributed by atoms with E-state index in [9.17, 15) is 14.4 Å². The molecule has 6 aromatic rings. The van der Waals surface area contributed by atoms with Gasteiger partial charge in [0.2, 0.25) is 5.91 Å². The molecule has 3 amide bonds. The number of nitrogens with one attached hydrogen (secondary N) is 3. The third-order valence-corrected chi connectivity index (χ3v) is 9.53. The van der Waals surface area contributed by atoms with Gasteiger partial charge in [-0.1, -0.05) is 84.4 Å². The fraction of sp³-hybridized carbons (Fsp3) is 0.0769. The van der Waals surface area contributed by atoms with Crippen LogP contribution in [0.4, 0.5) is 10.8 Å². The van der Waals surface area contributed by atoms with Gasteiger partial charge in [0, 0.05) is 32.7 Å². The first kappa shape index (κ1) is 33.2. The van der Waals surface area contributed by atoms with Crippen molar-refractivity contribution in [1.29, 1.82) is 0 Å². The van der Waals surface area contributed by atoms with Gasteiger partial charge >= 0.3 is 0 Å². The van der Waals surface area contributed by atoms with Crippen molar-refractivity contribution in [1.82, 2.24) is 10.3 Å². The average molecular weight is 685 g/mol. The summed E-state index contributed by atoms with van der Waals surface area (Å²) in [7, 11) is 0. The second kappa shape index (κ2) is 15.5. The number of hydrogen-bond acceptors (Lipinski definition) is 7. The molecule has 0 radical (unpaired) electrons. The molecule has 1 atom stereocenters. The lowest BCUT2D eigenvalue weighted by atomic mass is 10.1. The average Bonchev–Trinajstić information content (AvgIpc) is 3.77. The lowest BCUT2D eigenvalue weighted by Gasteiger charge is -2.17. The summed E-state index contributed by atoms with van der Waals surface area (Å²) in [5.74, 6) is -0.789. The van der Waals surface area contributed by atoms with E-state index in [-0.39, 0.29) is 11.6 Å². The van der Waals surface area contributed by atoms with Crippen molar-refractivity contribution >= 4 is 57.7 Å². The van der Waals surface area contributed by atoms with E-state index in [1.807, 2.05) is 80.6 Å². The standard InChI is InChI=1S/C39H32N4O4S2/c1-25-18-20-27(21-19-25)34-26(2)48-39(42-34)43-38(46)35(28-11-5-3-6-12-28)49-32-17-9-15-30(23-32)40-37(45)33(24-31-16-10-22-47-31)41-36(44)29-13-7-4-8-14-29/h3-24,35H,1-2H3,(H,40,45)(H,41,44)(H,42,43,46)/b33-24-. The molecule has 4 aromatic carbocycles. The van der Waals surface area contributed by atoms with Gasteiger partial charge in [0.05, 0.1) is 12.0 Å². The maximum Gasteiger partial charge on any atom is 0.272 e. The molecule has 244 valence electrons. The Hall–Kier alpha value is -5.71. The number of carbonyl (C=O) groups excluding carboxylic acids is 3.